The smallest absolute Gasteiger partial charge is 0.0465 e. The van der Waals surface area contributed by atoms with E-state index in [1.807, 2.05) is 0 Å². The second-order valence-electron chi connectivity index (χ2n) is 19.7. The molecule has 4 aliphatic rings. The maximum Gasteiger partial charge on any atom is 0.0465 e. The largest absolute Gasteiger partial charge is 0.310 e. The third kappa shape index (κ3) is 5.39. The molecule has 0 aromatic heterocycles. The number of benzene rings is 9. The van der Waals surface area contributed by atoms with Crippen molar-refractivity contribution in [1.82, 2.24) is 0 Å². The van der Waals surface area contributed by atoms with Crippen LogP contribution in [-0.2, 0) is 16.2 Å². The lowest BCUT2D eigenvalue weighted by atomic mass is 9.74. The van der Waals surface area contributed by atoms with Crippen LogP contribution in [0.5, 0.6) is 0 Å². The molecule has 1 nitrogen and oxygen atoms in total. The molecule has 0 radical (unpaired) electrons. The summed E-state index contributed by atoms with van der Waals surface area (Å²) in [5.41, 5.74) is 26.2. The van der Waals surface area contributed by atoms with Crippen molar-refractivity contribution >= 4 is 17.1 Å². The van der Waals surface area contributed by atoms with Crippen molar-refractivity contribution in [2.24, 2.45) is 0 Å². The Morgan fingerprint density at radius 3 is 1.48 bits per heavy atom. The van der Waals surface area contributed by atoms with E-state index in [0.29, 0.717) is 0 Å². The highest BCUT2D eigenvalue weighted by molar-refractivity contribution is 5.94. The zero-order valence-electron chi connectivity index (χ0n) is 37.4. The first-order chi connectivity index (χ1) is 31.9. The van der Waals surface area contributed by atoms with Crippen LogP contribution in [0.15, 0.2) is 206 Å². The summed E-state index contributed by atoms with van der Waals surface area (Å²) in [6, 6.07) is 78.2. The molecule has 0 aliphatic heterocycles. The van der Waals surface area contributed by atoms with Crippen molar-refractivity contribution in [3.05, 3.63) is 245 Å². The first kappa shape index (κ1) is 38.3. The van der Waals surface area contributed by atoms with Crippen LogP contribution in [-0.4, -0.2) is 0 Å². The van der Waals surface area contributed by atoms with Crippen molar-refractivity contribution in [1.29, 1.82) is 0 Å². The fourth-order valence-electron chi connectivity index (χ4n) is 13.1. The van der Waals surface area contributed by atoms with Gasteiger partial charge in [-0.2, -0.15) is 0 Å². The highest BCUT2D eigenvalue weighted by atomic mass is 15.1. The molecule has 1 heteroatoms. The van der Waals surface area contributed by atoms with E-state index >= 15 is 0 Å². The van der Waals surface area contributed by atoms with Gasteiger partial charge < -0.3 is 4.90 Å². The molecule has 0 bridgehead atoms. The first-order valence-corrected chi connectivity index (χ1v) is 23.6. The second-order valence-corrected chi connectivity index (χ2v) is 19.7. The molecular formula is C64H51N. The van der Waals surface area contributed by atoms with Crippen molar-refractivity contribution < 1.29 is 0 Å². The van der Waals surface area contributed by atoms with E-state index < -0.39 is 0 Å². The number of fused-ring (bicyclic) bond motifs is 11. The monoisotopic (exact) mass is 833 g/mol. The minimum absolute atomic E-state index is 0.0696. The van der Waals surface area contributed by atoms with Gasteiger partial charge in [-0.05, 0) is 151 Å². The SMILES string of the molecule is CC1(C)c2ccccc2-c2cccc(-c3ccccc3-c3ccc(N(c4ccc5c(c4)C4(CCCC4)c4ccccc4-5)c4ccc5c(c4)C(C)(c4ccccc4)c4ccccc4-5)cc3)c21. The number of rotatable bonds is 6. The lowest BCUT2D eigenvalue weighted by Gasteiger charge is -2.32. The zero-order valence-corrected chi connectivity index (χ0v) is 37.4. The van der Waals surface area contributed by atoms with E-state index in [1.54, 1.807) is 0 Å². The number of anilines is 3. The Morgan fingerprint density at radius 2 is 0.800 bits per heavy atom. The maximum absolute atomic E-state index is 2.55. The Labute approximate surface area is 383 Å². The van der Waals surface area contributed by atoms with Gasteiger partial charge >= 0.3 is 0 Å². The highest BCUT2D eigenvalue weighted by Gasteiger charge is 2.46. The summed E-state index contributed by atoms with van der Waals surface area (Å²) >= 11 is 0. The summed E-state index contributed by atoms with van der Waals surface area (Å²) in [4.78, 5) is 2.53. The van der Waals surface area contributed by atoms with Gasteiger partial charge in [-0.1, -0.05) is 197 Å². The molecule has 0 N–H and O–H groups in total. The van der Waals surface area contributed by atoms with Crippen molar-refractivity contribution in [3.63, 3.8) is 0 Å². The topological polar surface area (TPSA) is 3.24 Å². The number of nitrogens with zero attached hydrogens (tertiary/aromatic N) is 1. The van der Waals surface area contributed by atoms with Gasteiger partial charge in [0, 0.05) is 33.3 Å². The van der Waals surface area contributed by atoms with E-state index in [9.17, 15) is 0 Å². The van der Waals surface area contributed by atoms with Gasteiger partial charge in [0.2, 0.25) is 0 Å². The van der Waals surface area contributed by atoms with E-state index in [1.165, 1.54) is 132 Å². The number of hydrogen-bond acceptors (Lipinski definition) is 1. The summed E-state index contributed by atoms with van der Waals surface area (Å²) in [6.07, 6.45) is 4.94. The van der Waals surface area contributed by atoms with Gasteiger partial charge in [-0.25, -0.2) is 0 Å². The van der Waals surface area contributed by atoms with Gasteiger partial charge in [0.25, 0.3) is 0 Å². The number of hydrogen-bond donors (Lipinski definition) is 0. The Balaban J connectivity index is 0.973. The molecule has 1 atom stereocenters. The Morgan fingerprint density at radius 1 is 0.338 bits per heavy atom. The molecule has 13 rings (SSSR count). The van der Waals surface area contributed by atoms with Gasteiger partial charge in [0.05, 0.1) is 0 Å². The zero-order chi connectivity index (χ0) is 43.5. The third-order valence-electron chi connectivity index (χ3n) is 16.1. The summed E-state index contributed by atoms with van der Waals surface area (Å²) in [7, 11) is 0. The Kier molecular flexibility index (Phi) is 8.32. The van der Waals surface area contributed by atoms with Gasteiger partial charge in [0.15, 0.2) is 0 Å². The normalized spacial score (nSPS) is 17.5. The molecule has 1 fully saturated rings. The van der Waals surface area contributed by atoms with Crippen LogP contribution in [0.25, 0.3) is 55.6 Å². The standard InChI is InChI=1S/C64H51N/c1-62(2)56-27-12-9-24-51(56)55-26-17-25-54(61(55)62)48-21-8-7-20-47(48)42-30-32-44(33-31-42)65(46-35-37-53-50-23-11-14-29-58(50)64(60(53)41-46)38-15-16-39-64)45-34-36-52-49-22-10-13-28-57(49)63(3,59(52)40-45)43-18-5-4-6-19-43/h4-14,17-37,40-41H,15-16,38-39H2,1-3H3. The predicted molar refractivity (Wildman–Crippen MR) is 272 cm³/mol. The molecule has 1 saturated carbocycles. The minimum atomic E-state index is -0.302. The van der Waals surface area contributed by atoms with Gasteiger partial charge in [0.1, 0.15) is 0 Å². The lowest BCUT2D eigenvalue weighted by molar-refractivity contribution is 0.550. The Hall–Kier alpha value is -7.22. The van der Waals surface area contributed by atoms with Crippen LogP contribution in [0.4, 0.5) is 17.1 Å². The summed E-state index contributed by atoms with van der Waals surface area (Å²) < 4.78 is 0. The van der Waals surface area contributed by atoms with Crippen molar-refractivity contribution in [2.75, 3.05) is 4.90 Å². The highest BCUT2D eigenvalue weighted by Crippen LogP contribution is 2.59. The van der Waals surface area contributed by atoms with Crippen LogP contribution in [0, 0.1) is 0 Å². The van der Waals surface area contributed by atoms with E-state index in [2.05, 4.69) is 232 Å². The molecule has 4 aliphatic carbocycles. The predicted octanol–water partition coefficient (Wildman–Crippen LogP) is 17.0. The summed E-state index contributed by atoms with van der Waals surface area (Å²) in [5, 5.41) is 0. The molecule has 0 amide bonds. The Bertz CT molecular complexity index is 3360. The summed E-state index contributed by atoms with van der Waals surface area (Å²) in [5.74, 6) is 0. The van der Waals surface area contributed by atoms with Crippen molar-refractivity contribution in [3.8, 4) is 55.6 Å². The fourth-order valence-corrected chi connectivity index (χ4v) is 13.1. The quantitative estimate of drug-likeness (QED) is 0.161. The van der Waals surface area contributed by atoms with E-state index in [-0.39, 0.29) is 16.2 Å². The molecule has 9 aromatic rings. The van der Waals surface area contributed by atoms with E-state index in [4.69, 9.17) is 0 Å². The van der Waals surface area contributed by atoms with Gasteiger partial charge in [-0.3, -0.25) is 0 Å². The lowest BCUT2D eigenvalue weighted by Crippen LogP contribution is -2.23. The van der Waals surface area contributed by atoms with E-state index in [0.717, 1.165) is 5.69 Å². The van der Waals surface area contributed by atoms with Crippen LogP contribution in [0.2, 0.25) is 0 Å². The van der Waals surface area contributed by atoms with Crippen LogP contribution >= 0.6 is 0 Å². The third-order valence-corrected chi connectivity index (χ3v) is 16.1. The average Bonchev–Trinajstić information content (AvgIpc) is 4.09. The fraction of sp³-hybridized carbons (Fsp3) is 0.156. The molecule has 1 spiro atoms. The molecule has 312 valence electrons. The average molecular weight is 834 g/mol. The first-order valence-electron chi connectivity index (χ1n) is 23.6. The summed E-state index contributed by atoms with van der Waals surface area (Å²) in [6.45, 7) is 7.20. The van der Waals surface area contributed by atoms with Crippen molar-refractivity contribution in [2.45, 2.75) is 62.7 Å². The van der Waals surface area contributed by atoms with Crippen LogP contribution < -0.4 is 4.90 Å². The second kappa shape index (κ2) is 14.1. The molecular weight excluding hydrogens is 783 g/mol. The molecule has 9 aromatic carbocycles. The molecule has 0 saturated heterocycles. The van der Waals surface area contributed by atoms with Gasteiger partial charge in [-0.15, -0.1) is 0 Å². The molecule has 1 unspecified atom stereocenters. The maximum atomic E-state index is 2.55. The minimum Gasteiger partial charge on any atom is -0.310 e. The van der Waals surface area contributed by atoms with Crippen LogP contribution in [0.1, 0.15) is 85.4 Å². The van der Waals surface area contributed by atoms with Crippen LogP contribution in [0.3, 0.4) is 0 Å². The molecule has 0 heterocycles. The molecule has 65 heavy (non-hydrogen) atoms.